The van der Waals surface area contributed by atoms with Gasteiger partial charge in [0.05, 0.1) is 11.1 Å². The molecule has 1 heterocycles. The van der Waals surface area contributed by atoms with Crippen molar-refractivity contribution in [3.8, 4) is 6.07 Å². The first-order valence-electron chi connectivity index (χ1n) is 4.86. The van der Waals surface area contributed by atoms with Crippen molar-refractivity contribution in [3.05, 3.63) is 29.0 Å². The summed E-state index contributed by atoms with van der Waals surface area (Å²) in [6, 6.07) is 4.62. The molecule has 0 aliphatic heterocycles. The number of pyridine rings is 1. The molecule has 0 aliphatic rings. The van der Waals surface area contributed by atoms with Gasteiger partial charge in [-0.3, -0.25) is 4.79 Å². The standard InChI is InChI=1S/C11H12ClN3O/c1-7(2)10(5-13)15-11(16)9-4-3-8(12)6-14-9/h3-4,6-7,10H,1-2H3,(H,15,16). The minimum absolute atomic E-state index is 0.0567. The molecule has 0 bridgehead atoms. The molecule has 5 heteroatoms. The van der Waals surface area contributed by atoms with Crippen LogP contribution in [0.2, 0.25) is 5.02 Å². The second kappa shape index (κ2) is 5.47. The monoisotopic (exact) mass is 237 g/mol. The SMILES string of the molecule is CC(C)C(C#N)NC(=O)c1ccc(Cl)cn1. The van der Waals surface area contributed by atoms with E-state index in [9.17, 15) is 4.79 Å². The van der Waals surface area contributed by atoms with Gasteiger partial charge in [-0.1, -0.05) is 25.4 Å². The van der Waals surface area contributed by atoms with Crippen LogP contribution < -0.4 is 5.32 Å². The van der Waals surface area contributed by atoms with Crippen LogP contribution in [0.5, 0.6) is 0 Å². The van der Waals surface area contributed by atoms with Gasteiger partial charge < -0.3 is 5.32 Å². The second-order valence-corrected chi connectivity index (χ2v) is 4.12. The molecule has 0 fully saturated rings. The number of carbonyl (C=O) groups excluding carboxylic acids is 1. The zero-order valence-corrected chi connectivity index (χ0v) is 9.82. The number of nitriles is 1. The molecule has 0 saturated heterocycles. The van der Waals surface area contributed by atoms with E-state index in [1.54, 1.807) is 6.07 Å². The van der Waals surface area contributed by atoms with Crippen molar-refractivity contribution in [3.63, 3.8) is 0 Å². The molecule has 1 atom stereocenters. The smallest absolute Gasteiger partial charge is 0.270 e. The third kappa shape index (κ3) is 3.21. The molecule has 16 heavy (non-hydrogen) atoms. The molecule has 4 nitrogen and oxygen atoms in total. The van der Waals surface area contributed by atoms with Gasteiger partial charge >= 0.3 is 0 Å². The molecule has 0 spiro atoms. The summed E-state index contributed by atoms with van der Waals surface area (Å²) in [7, 11) is 0. The topological polar surface area (TPSA) is 65.8 Å². The first kappa shape index (κ1) is 12.5. The van der Waals surface area contributed by atoms with Gasteiger partial charge in [-0.25, -0.2) is 4.98 Å². The summed E-state index contributed by atoms with van der Waals surface area (Å²) in [5.74, 6) is -0.307. The normalized spacial score (nSPS) is 11.9. The Balaban J connectivity index is 2.73. The number of carbonyl (C=O) groups is 1. The Morgan fingerprint density at radius 1 is 1.56 bits per heavy atom. The van der Waals surface area contributed by atoms with Crippen molar-refractivity contribution in [2.45, 2.75) is 19.9 Å². The zero-order chi connectivity index (χ0) is 12.1. The minimum atomic E-state index is -0.509. The van der Waals surface area contributed by atoms with Crippen LogP contribution >= 0.6 is 11.6 Å². The lowest BCUT2D eigenvalue weighted by Crippen LogP contribution is -2.37. The Morgan fingerprint density at radius 2 is 2.25 bits per heavy atom. The van der Waals surface area contributed by atoms with Gasteiger partial charge in [0.1, 0.15) is 11.7 Å². The van der Waals surface area contributed by atoms with Crippen LogP contribution in [0.15, 0.2) is 18.3 Å². The number of hydrogen-bond donors (Lipinski definition) is 1. The van der Waals surface area contributed by atoms with E-state index in [2.05, 4.69) is 10.3 Å². The Kier molecular flexibility index (Phi) is 4.27. The molecule has 0 aromatic carbocycles. The van der Waals surface area contributed by atoms with Crippen LogP contribution in [0.25, 0.3) is 0 Å². The molecule has 1 aromatic rings. The van der Waals surface area contributed by atoms with E-state index in [0.29, 0.717) is 5.02 Å². The quantitative estimate of drug-likeness (QED) is 0.875. The van der Waals surface area contributed by atoms with Crippen LogP contribution in [0.4, 0.5) is 0 Å². The molecule has 1 rings (SSSR count). The molecular formula is C11H12ClN3O. The largest absolute Gasteiger partial charge is 0.335 e. The number of nitrogens with zero attached hydrogens (tertiary/aromatic N) is 2. The molecule has 0 saturated carbocycles. The fraction of sp³-hybridized carbons (Fsp3) is 0.364. The molecule has 0 aliphatic carbocycles. The Labute approximate surface area is 99.2 Å². The highest BCUT2D eigenvalue weighted by Gasteiger charge is 2.16. The molecule has 0 radical (unpaired) electrons. The predicted molar refractivity (Wildman–Crippen MR) is 61.0 cm³/mol. The van der Waals surface area contributed by atoms with E-state index in [0.717, 1.165) is 0 Å². The average molecular weight is 238 g/mol. The molecule has 1 aromatic heterocycles. The van der Waals surface area contributed by atoms with Gasteiger partial charge in [-0.15, -0.1) is 0 Å². The van der Waals surface area contributed by atoms with Gasteiger partial charge in [0, 0.05) is 6.20 Å². The van der Waals surface area contributed by atoms with Gasteiger partial charge in [-0.05, 0) is 18.1 Å². The Hall–Kier alpha value is -1.60. The average Bonchev–Trinajstić information content (AvgIpc) is 2.26. The number of rotatable bonds is 3. The van der Waals surface area contributed by atoms with Crippen LogP contribution in [-0.2, 0) is 0 Å². The summed E-state index contributed by atoms with van der Waals surface area (Å²) in [6.07, 6.45) is 1.40. The highest BCUT2D eigenvalue weighted by Crippen LogP contribution is 2.07. The van der Waals surface area contributed by atoms with E-state index >= 15 is 0 Å². The predicted octanol–water partition coefficient (Wildman–Crippen LogP) is 2.01. The number of aromatic nitrogens is 1. The fourth-order valence-electron chi connectivity index (χ4n) is 1.07. The summed E-state index contributed by atoms with van der Waals surface area (Å²) in [4.78, 5) is 15.5. The maximum Gasteiger partial charge on any atom is 0.270 e. The lowest BCUT2D eigenvalue weighted by atomic mass is 10.1. The minimum Gasteiger partial charge on any atom is -0.335 e. The molecule has 1 unspecified atom stereocenters. The van der Waals surface area contributed by atoms with Crippen LogP contribution in [0, 0.1) is 17.2 Å². The number of hydrogen-bond acceptors (Lipinski definition) is 3. The molecule has 1 amide bonds. The first-order valence-corrected chi connectivity index (χ1v) is 5.24. The summed E-state index contributed by atoms with van der Waals surface area (Å²) < 4.78 is 0. The Morgan fingerprint density at radius 3 is 2.69 bits per heavy atom. The lowest BCUT2D eigenvalue weighted by molar-refractivity contribution is 0.0932. The van der Waals surface area contributed by atoms with Crippen molar-refractivity contribution in [2.75, 3.05) is 0 Å². The van der Waals surface area contributed by atoms with Crippen molar-refractivity contribution >= 4 is 17.5 Å². The van der Waals surface area contributed by atoms with Crippen molar-refractivity contribution in [1.29, 1.82) is 5.26 Å². The van der Waals surface area contributed by atoms with Crippen LogP contribution in [-0.4, -0.2) is 16.9 Å². The van der Waals surface area contributed by atoms with Gasteiger partial charge in [-0.2, -0.15) is 5.26 Å². The van der Waals surface area contributed by atoms with Crippen molar-refractivity contribution in [2.24, 2.45) is 5.92 Å². The first-order chi connectivity index (χ1) is 7.54. The third-order valence-corrected chi connectivity index (χ3v) is 2.28. The number of amides is 1. The zero-order valence-electron chi connectivity index (χ0n) is 9.07. The van der Waals surface area contributed by atoms with E-state index in [4.69, 9.17) is 16.9 Å². The third-order valence-electron chi connectivity index (χ3n) is 2.05. The second-order valence-electron chi connectivity index (χ2n) is 3.69. The molecular weight excluding hydrogens is 226 g/mol. The van der Waals surface area contributed by atoms with Gasteiger partial charge in [0.15, 0.2) is 0 Å². The maximum atomic E-state index is 11.7. The number of halogens is 1. The summed E-state index contributed by atoms with van der Waals surface area (Å²) >= 11 is 5.65. The number of nitrogens with one attached hydrogen (secondary N) is 1. The van der Waals surface area contributed by atoms with Crippen molar-refractivity contribution in [1.82, 2.24) is 10.3 Å². The molecule has 84 valence electrons. The van der Waals surface area contributed by atoms with E-state index in [1.807, 2.05) is 19.9 Å². The van der Waals surface area contributed by atoms with E-state index in [-0.39, 0.29) is 17.5 Å². The van der Waals surface area contributed by atoms with Crippen molar-refractivity contribution < 1.29 is 4.79 Å². The fourth-order valence-corrected chi connectivity index (χ4v) is 1.19. The maximum absolute atomic E-state index is 11.7. The summed E-state index contributed by atoms with van der Waals surface area (Å²) in [5, 5.41) is 11.9. The van der Waals surface area contributed by atoms with E-state index < -0.39 is 6.04 Å². The highest BCUT2D eigenvalue weighted by molar-refractivity contribution is 6.30. The lowest BCUT2D eigenvalue weighted by Gasteiger charge is -2.14. The van der Waals surface area contributed by atoms with Gasteiger partial charge in [0.2, 0.25) is 0 Å². The summed E-state index contributed by atoms with van der Waals surface area (Å²) in [6.45, 7) is 3.73. The summed E-state index contributed by atoms with van der Waals surface area (Å²) in [5.41, 5.74) is 0.255. The molecule has 1 N–H and O–H groups in total. The highest BCUT2D eigenvalue weighted by atomic mass is 35.5. The van der Waals surface area contributed by atoms with Crippen LogP contribution in [0.1, 0.15) is 24.3 Å². The van der Waals surface area contributed by atoms with E-state index in [1.165, 1.54) is 12.3 Å². The van der Waals surface area contributed by atoms with Crippen LogP contribution in [0.3, 0.4) is 0 Å². The Bertz CT molecular complexity index is 408. The van der Waals surface area contributed by atoms with Gasteiger partial charge in [0.25, 0.3) is 5.91 Å².